The molecule has 3 unspecified atom stereocenters. The van der Waals surface area contributed by atoms with Crippen LogP contribution in [-0.4, -0.2) is 0 Å². The molecule has 0 radical (unpaired) electrons. The standard InChI is InChI=1S/C10H13Br/c1-7-2-3-8-6-9(11)4-5-10(7)8/h4-8,10H,2-3H2,1H3. The molecule has 0 N–H and O–H groups in total. The van der Waals surface area contributed by atoms with Gasteiger partial charge in [0.05, 0.1) is 0 Å². The number of rotatable bonds is 0. The van der Waals surface area contributed by atoms with Crippen molar-refractivity contribution in [1.82, 2.24) is 0 Å². The number of hydrogen-bond acceptors (Lipinski definition) is 0. The molecular formula is C10H13Br. The Balaban J connectivity index is 2.21. The first-order chi connectivity index (χ1) is 5.27. The summed E-state index contributed by atoms with van der Waals surface area (Å²) in [5.74, 6) is 2.55. The third kappa shape index (κ3) is 1.31. The van der Waals surface area contributed by atoms with Gasteiger partial charge >= 0.3 is 0 Å². The topological polar surface area (TPSA) is 0 Å². The molecule has 2 aliphatic carbocycles. The van der Waals surface area contributed by atoms with Gasteiger partial charge in [0, 0.05) is 4.48 Å². The number of hydrogen-bond donors (Lipinski definition) is 0. The second-order valence-corrected chi connectivity index (χ2v) is 4.62. The van der Waals surface area contributed by atoms with Crippen molar-refractivity contribution in [2.45, 2.75) is 19.8 Å². The van der Waals surface area contributed by atoms with Crippen LogP contribution in [0.2, 0.25) is 0 Å². The first kappa shape index (κ1) is 7.60. The van der Waals surface area contributed by atoms with Gasteiger partial charge < -0.3 is 0 Å². The summed E-state index contributed by atoms with van der Waals surface area (Å²) < 4.78 is 1.27. The fourth-order valence-corrected chi connectivity index (χ4v) is 2.74. The van der Waals surface area contributed by atoms with Crippen LogP contribution in [-0.2, 0) is 0 Å². The van der Waals surface area contributed by atoms with Crippen molar-refractivity contribution >= 4 is 15.9 Å². The normalized spacial score (nSPS) is 42.0. The Kier molecular flexibility index (Phi) is 1.92. The van der Waals surface area contributed by atoms with Crippen LogP contribution in [0.15, 0.2) is 22.7 Å². The third-order valence-corrected chi connectivity index (χ3v) is 3.49. The lowest BCUT2D eigenvalue weighted by molar-refractivity contribution is 0.451. The second-order valence-electron chi connectivity index (χ2n) is 3.71. The van der Waals surface area contributed by atoms with Gasteiger partial charge in [-0.3, -0.25) is 0 Å². The Morgan fingerprint density at radius 2 is 2.27 bits per heavy atom. The van der Waals surface area contributed by atoms with Crippen LogP contribution >= 0.6 is 15.9 Å². The van der Waals surface area contributed by atoms with Crippen molar-refractivity contribution < 1.29 is 0 Å². The SMILES string of the molecule is CC1CCC2C=C(Br)C=CC12. The molecule has 0 aromatic heterocycles. The highest BCUT2D eigenvalue weighted by Gasteiger charge is 2.31. The van der Waals surface area contributed by atoms with Crippen LogP contribution in [0.3, 0.4) is 0 Å². The van der Waals surface area contributed by atoms with Gasteiger partial charge in [0.2, 0.25) is 0 Å². The molecular weight excluding hydrogens is 200 g/mol. The quantitative estimate of drug-likeness (QED) is 0.577. The molecule has 0 aromatic rings. The molecule has 0 nitrogen and oxygen atoms in total. The molecule has 0 bridgehead atoms. The second kappa shape index (κ2) is 2.78. The van der Waals surface area contributed by atoms with E-state index < -0.39 is 0 Å². The third-order valence-electron chi connectivity index (χ3n) is 2.96. The van der Waals surface area contributed by atoms with Crippen LogP contribution in [0.5, 0.6) is 0 Å². The van der Waals surface area contributed by atoms with Crippen molar-refractivity contribution in [3.05, 3.63) is 22.7 Å². The lowest BCUT2D eigenvalue weighted by Crippen LogP contribution is -2.10. The summed E-state index contributed by atoms with van der Waals surface area (Å²) in [5.41, 5.74) is 0. The Morgan fingerprint density at radius 1 is 1.45 bits per heavy atom. The molecule has 3 atom stereocenters. The molecule has 0 heterocycles. The molecule has 2 rings (SSSR count). The molecule has 1 heteroatoms. The Bertz CT molecular complexity index is 215. The van der Waals surface area contributed by atoms with Gasteiger partial charge in [0.15, 0.2) is 0 Å². The lowest BCUT2D eigenvalue weighted by atomic mass is 9.87. The molecule has 2 aliphatic rings. The largest absolute Gasteiger partial charge is 0.0795 e. The van der Waals surface area contributed by atoms with Gasteiger partial charge in [-0.2, -0.15) is 0 Å². The van der Waals surface area contributed by atoms with Gasteiger partial charge in [0.25, 0.3) is 0 Å². The zero-order chi connectivity index (χ0) is 7.84. The fraction of sp³-hybridized carbons (Fsp3) is 0.600. The van der Waals surface area contributed by atoms with E-state index in [-0.39, 0.29) is 0 Å². The Hall–Kier alpha value is -0.0400. The molecule has 0 spiro atoms. The van der Waals surface area contributed by atoms with E-state index in [1.54, 1.807) is 0 Å². The predicted molar refractivity (Wildman–Crippen MR) is 51.5 cm³/mol. The van der Waals surface area contributed by atoms with E-state index in [1.165, 1.54) is 17.3 Å². The van der Waals surface area contributed by atoms with Gasteiger partial charge in [-0.25, -0.2) is 0 Å². The van der Waals surface area contributed by atoms with E-state index in [1.807, 2.05) is 0 Å². The number of fused-ring (bicyclic) bond motifs is 1. The van der Waals surface area contributed by atoms with Gasteiger partial charge in [-0.15, -0.1) is 0 Å². The van der Waals surface area contributed by atoms with Crippen LogP contribution in [0.25, 0.3) is 0 Å². The van der Waals surface area contributed by atoms with Crippen LogP contribution < -0.4 is 0 Å². The first-order valence-corrected chi connectivity index (χ1v) is 5.12. The summed E-state index contributed by atoms with van der Waals surface area (Å²) in [4.78, 5) is 0. The van der Waals surface area contributed by atoms with Gasteiger partial charge in [0.1, 0.15) is 0 Å². The molecule has 1 fully saturated rings. The van der Waals surface area contributed by atoms with Crippen LogP contribution in [0.4, 0.5) is 0 Å². The van der Waals surface area contributed by atoms with Crippen molar-refractivity contribution in [3.8, 4) is 0 Å². The minimum Gasteiger partial charge on any atom is -0.0795 e. The maximum absolute atomic E-state index is 3.52. The predicted octanol–water partition coefficient (Wildman–Crippen LogP) is 3.50. The van der Waals surface area contributed by atoms with E-state index in [9.17, 15) is 0 Å². The minimum atomic E-state index is 0.823. The maximum Gasteiger partial charge on any atom is 0.0135 e. The van der Waals surface area contributed by atoms with Crippen LogP contribution in [0, 0.1) is 17.8 Å². The zero-order valence-corrected chi connectivity index (χ0v) is 8.34. The maximum atomic E-state index is 3.52. The molecule has 60 valence electrons. The summed E-state index contributed by atoms with van der Waals surface area (Å²) in [5, 5.41) is 0. The van der Waals surface area contributed by atoms with Crippen molar-refractivity contribution in [3.63, 3.8) is 0 Å². The molecule has 0 aliphatic heterocycles. The summed E-state index contributed by atoms with van der Waals surface area (Å²) in [6.45, 7) is 2.36. The molecule has 0 amide bonds. The van der Waals surface area contributed by atoms with E-state index in [2.05, 4.69) is 41.1 Å². The minimum absolute atomic E-state index is 0.823. The zero-order valence-electron chi connectivity index (χ0n) is 6.76. The monoisotopic (exact) mass is 212 g/mol. The smallest absolute Gasteiger partial charge is 0.0135 e. The average Bonchev–Trinajstić information content (AvgIpc) is 2.32. The van der Waals surface area contributed by atoms with E-state index in [4.69, 9.17) is 0 Å². The van der Waals surface area contributed by atoms with E-state index in [0.29, 0.717) is 0 Å². The fourth-order valence-electron chi connectivity index (χ4n) is 2.25. The Labute approximate surface area is 76.5 Å². The summed E-state index contributed by atoms with van der Waals surface area (Å²) in [6, 6.07) is 0. The summed E-state index contributed by atoms with van der Waals surface area (Å²) in [6.07, 6.45) is 9.71. The molecule has 11 heavy (non-hydrogen) atoms. The number of allylic oxidation sites excluding steroid dienone is 4. The van der Waals surface area contributed by atoms with Crippen molar-refractivity contribution in [2.75, 3.05) is 0 Å². The van der Waals surface area contributed by atoms with Crippen LogP contribution in [0.1, 0.15) is 19.8 Å². The highest BCUT2D eigenvalue weighted by atomic mass is 79.9. The molecule has 0 saturated heterocycles. The van der Waals surface area contributed by atoms with Crippen molar-refractivity contribution in [2.24, 2.45) is 17.8 Å². The highest BCUT2D eigenvalue weighted by Crippen LogP contribution is 2.42. The first-order valence-electron chi connectivity index (χ1n) is 4.33. The number of halogens is 1. The highest BCUT2D eigenvalue weighted by molar-refractivity contribution is 9.11. The van der Waals surface area contributed by atoms with Gasteiger partial charge in [-0.05, 0) is 30.6 Å². The lowest BCUT2D eigenvalue weighted by Gasteiger charge is -2.19. The van der Waals surface area contributed by atoms with Gasteiger partial charge in [-0.1, -0.05) is 41.1 Å². The molecule has 0 aromatic carbocycles. The molecule has 1 saturated carbocycles. The Morgan fingerprint density at radius 3 is 3.09 bits per heavy atom. The summed E-state index contributed by atoms with van der Waals surface area (Å²) >= 11 is 3.52. The average molecular weight is 213 g/mol. The van der Waals surface area contributed by atoms with Crippen molar-refractivity contribution in [1.29, 1.82) is 0 Å². The van der Waals surface area contributed by atoms with E-state index in [0.717, 1.165) is 17.8 Å². The summed E-state index contributed by atoms with van der Waals surface area (Å²) in [7, 11) is 0. The van der Waals surface area contributed by atoms with E-state index >= 15 is 0 Å².